The number of nitrogens with zero attached hydrogens (tertiary/aromatic N) is 11. The monoisotopic (exact) mass is 1450 g/mol. The van der Waals surface area contributed by atoms with Crippen LogP contribution in [0.25, 0.3) is 0 Å². The number of rotatable bonds is 20. The number of thiocarbonyl (C=S) groups is 2. The van der Waals surface area contributed by atoms with Crippen molar-refractivity contribution in [1.29, 1.82) is 0 Å². The summed E-state index contributed by atoms with van der Waals surface area (Å²) in [6.07, 6.45) is -0.392. The quantitative estimate of drug-likeness (QED) is 0.0825. The first-order chi connectivity index (χ1) is 41.6. The first-order valence-electron chi connectivity index (χ1n) is 32.5. The lowest BCUT2D eigenvalue weighted by Gasteiger charge is -2.30. The molecule has 0 N–H and O–H groups in total. The van der Waals surface area contributed by atoms with Gasteiger partial charge < -0.3 is 48.7 Å². The predicted molar refractivity (Wildman–Crippen MR) is 414 cm³/mol. The number of urea groups is 2. The third-order valence-corrected chi connectivity index (χ3v) is 22.5. The Labute approximate surface area is 593 Å². The Bertz CT molecular complexity index is 2030. The number of carbonyl (C=O) groups excluding carboxylic acids is 3. The molecule has 0 aliphatic carbocycles. The molecule has 22 nitrogen and oxygen atoms in total. The van der Waals surface area contributed by atoms with E-state index in [4.69, 9.17) is 38.2 Å². The molecule has 0 aromatic rings. The summed E-state index contributed by atoms with van der Waals surface area (Å²) in [5.41, 5.74) is 0. The highest BCUT2D eigenvalue weighted by molar-refractivity contribution is 8.23. The van der Waals surface area contributed by atoms with Gasteiger partial charge in [-0.2, -0.15) is 0 Å². The molecule has 0 aliphatic heterocycles. The molecule has 0 saturated heterocycles. The maximum atomic E-state index is 12.0. The van der Waals surface area contributed by atoms with Crippen molar-refractivity contribution in [2.75, 3.05) is 106 Å². The lowest BCUT2D eigenvalue weighted by atomic mass is 10.3. The van der Waals surface area contributed by atoms with Crippen LogP contribution in [0.3, 0.4) is 0 Å². The van der Waals surface area contributed by atoms with E-state index in [0.717, 1.165) is 4.32 Å². The minimum Gasteiger partial charge on any atom is -0.474 e. The number of thioether (sulfide) groups is 1. The van der Waals surface area contributed by atoms with Crippen LogP contribution in [0.1, 0.15) is 208 Å². The maximum Gasteiger partial charge on any atom is 0.409 e. The Morgan fingerprint density at radius 1 is 0.441 bits per heavy atom. The second-order valence-corrected chi connectivity index (χ2v) is 35.9. The van der Waals surface area contributed by atoms with Crippen molar-refractivity contribution in [2.45, 2.75) is 296 Å². The van der Waals surface area contributed by atoms with E-state index in [-0.39, 0.29) is 71.0 Å². The summed E-state index contributed by atoms with van der Waals surface area (Å²) in [5.74, 6) is 0. The number of methoxy groups -OCH3 is 2. The van der Waals surface area contributed by atoms with E-state index >= 15 is 0 Å². The molecule has 0 radical (unpaired) electrons. The van der Waals surface area contributed by atoms with Gasteiger partial charge in [0, 0.05) is 155 Å². The van der Waals surface area contributed by atoms with Gasteiger partial charge in [0.25, 0.3) is 5.17 Å². The van der Waals surface area contributed by atoms with E-state index in [2.05, 4.69) is 90.8 Å². The maximum absolute atomic E-state index is 12.0. The van der Waals surface area contributed by atoms with Crippen molar-refractivity contribution in [1.82, 2.24) is 52.5 Å². The van der Waals surface area contributed by atoms with Gasteiger partial charge in [-0.25, -0.2) is 44.9 Å². The number of ether oxygens (including phenoxy) is 2. The highest BCUT2D eigenvalue weighted by Crippen LogP contribution is 2.52. The average Bonchev–Trinajstić information content (AvgIpc) is 2.08. The molecule has 0 aliphatic rings. The fraction of sp³-hybridized carbons (Fsp3) is 0.923. The summed E-state index contributed by atoms with van der Waals surface area (Å²) in [6.45, 7) is 60.1. The first-order valence-corrected chi connectivity index (χ1v) is 38.4. The molecule has 0 bridgehead atoms. The molecule has 0 aromatic carbocycles. The van der Waals surface area contributed by atoms with Gasteiger partial charge in [-0.1, -0.05) is 37.8 Å². The van der Waals surface area contributed by atoms with E-state index in [1.54, 1.807) is 99.3 Å². The van der Waals surface area contributed by atoms with E-state index in [9.17, 15) is 31.6 Å². The number of carbonyl (C=O) groups is 3. The third kappa shape index (κ3) is 55.4. The van der Waals surface area contributed by atoms with Gasteiger partial charge in [0.2, 0.25) is 10.0 Å². The van der Waals surface area contributed by atoms with Gasteiger partial charge in [-0.05, 0) is 220 Å². The molecule has 28 heteroatoms. The van der Waals surface area contributed by atoms with Gasteiger partial charge in [-0.15, -0.1) is 0 Å². The average molecular weight is 1450 g/mol. The molecule has 93 heavy (non-hydrogen) atoms. The Morgan fingerprint density at radius 2 is 0.774 bits per heavy atom. The molecule has 0 fully saturated rings. The van der Waals surface area contributed by atoms with E-state index < -0.39 is 28.8 Å². The van der Waals surface area contributed by atoms with Gasteiger partial charge >= 0.3 is 25.9 Å². The molecule has 2 atom stereocenters. The standard InChI is InChI=1S/C9H20N2O.C8H20NO3P.C8H17NS2.C7H16N2O.C7H17NO2S.C7H17NOS.C7H17N.C6H13NO2.C6H13NOS/c1-7(2)10(5)9(12)11(6)8(3)4;1-7(2)9(5)13(10,11-6)12-8(3)4;1-6(2)9(5)8(10)11-7(3)4;1-6(2)9(5)7(10)8(3)4;1-6(2)8(5)11(9,10)7(3)4;1-6(2)8(5)10(9)7(3)4;1-6(2)8(5)7(3)4;1-5(2)7(3)6(8)9-4;1-5(2)7(3)6(9)8-4/h7-8H,1-6H3;7-8H,1-6H3;6-7H,1-5H3;6H,1-5H3;6-7H,1-5H3;6-7H,1-5H3;6-7H,1-5H3;2*5H,1-4H3. The van der Waals surface area contributed by atoms with Crippen LogP contribution in [-0.4, -0.2) is 287 Å². The summed E-state index contributed by atoms with van der Waals surface area (Å²) in [5, 5.41) is 1.04. The molecule has 2 unspecified atom stereocenters. The summed E-state index contributed by atoms with van der Waals surface area (Å²) >= 11 is 11.8. The largest absolute Gasteiger partial charge is 0.474 e. The van der Waals surface area contributed by atoms with Crippen LogP contribution in [0.5, 0.6) is 0 Å². The minimum atomic E-state index is -3.07. The number of sulfonamides is 1. The fourth-order valence-corrected chi connectivity index (χ4v) is 10.7. The third-order valence-electron chi connectivity index (χ3n) is 14.0. The van der Waals surface area contributed by atoms with Crippen LogP contribution in [0.15, 0.2) is 0 Å². The number of amides is 5. The number of hydrogen-bond acceptors (Lipinski definition) is 15. The SMILES string of the molecule is CC(C)N(C)C(=O)N(C)C.CC(C)N(C)C(=O)N(C)C(C)C.CC(C)N(C)C(C)C.CC(C)N(C)S(=O)(=O)C(C)C.CC(C)N(C)S(=O)C(C)C.CC(C)SC(=S)N(C)C(C)C.COC(=O)N(C)C(C)C.COC(=S)N(C)C(C)C.COP(=O)(OC(C)C)N(C)C(C)C. The van der Waals surface area contributed by atoms with Gasteiger partial charge in [-0.3, -0.25) is 9.05 Å². The summed E-state index contributed by atoms with van der Waals surface area (Å²) in [7, 11) is 19.4. The van der Waals surface area contributed by atoms with Crippen LogP contribution in [0.2, 0.25) is 0 Å². The van der Waals surface area contributed by atoms with E-state index in [0.29, 0.717) is 40.6 Å². The molecule has 0 saturated carbocycles. The smallest absolute Gasteiger partial charge is 0.409 e. The van der Waals surface area contributed by atoms with E-state index in [1.807, 2.05) is 169 Å². The topological polar surface area (TPSA) is 192 Å². The summed E-state index contributed by atoms with van der Waals surface area (Å²) in [6, 6.07) is 3.95. The molecular weight excluding hydrogens is 1300 g/mol. The Hall–Kier alpha value is -2.17. The normalized spacial score (nSPS) is 12.2. The highest BCUT2D eigenvalue weighted by atomic mass is 32.2. The molecule has 0 rings (SSSR count). The number of hydrogen-bond donors (Lipinski definition) is 0. The Morgan fingerprint density at radius 3 is 0.914 bits per heavy atom. The summed E-state index contributed by atoms with van der Waals surface area (Å²) in [4.78, 5) is 48.0. The molecule has 5 amide bonds. The van der Waals surface area contributed by atoms with Crippen LogP contribution >= 0.6 is 43.9 Å². The van der Waals surface area contributed by atoms with Crippen molar-refractivity contribution in [3.8, 4) is 0 Å². The molecule has 566 valence electrons. The zero-order chi connectivity index (χ0) is 77.0. The van der Waals surface area contributed by atoms with Crippen LogP contribution in [-0.2, 0) is 44.1 Å². The van der Waals surface area contributed by atoms with Crippen LogP contribution in [0.4, 0.5) is 14.4 Å². The lowest BCUT2D eigenvalue weighted by molar-refractivity contribution is 0.123. The van der Waals surface area contributed by atoms with Gasteiger partial charge in [0.1, 0.15) is 4.32 Å². The second-order valence-electron chi connectivity index (χ2n) is 26.6. The Kier molecular flexibility index (Phi) is 67.9. The fourth-order valence-electron chi connectivity index (χ4n) is 4.99. The van der Waals surface area contributed by atoms with Crippen molar-refractivity contribution < 1.29 is 50.1 Å². The highest BCUT2D eigenvalue weighted by Gasteiger charge is 2.32. The van der Waals surface area contributed by atoms with Crippen molar-refractivity contribution in [3.63, 3.8) is 0 Å². The zero-order valence-corrected chi connectivity index (χ0v) is 73.0. The van der Waals surface area contributed by atoms with Crippen LogP contribution in [0, 0.1) is 0 Å². The van der Waals surface area contributed by atoms with Gasteiger partial charge in [0.15, 0.2) is 0 Å². The molecular formula is C65H150N11O11PS5. The predicted octanol–water partition coefficient (Wildman–Crippen LogP) is 14.6. The molecule has 0 aromatic heterocycles. The zero-order valence-electron chi connectivity index (χ0n) is 68.1. The van der Waals surface area contributed by atoms with Crippen molar-refractivity contribution in [2.24, 2.45) is 0 Å². The van der Waals surface area contributed by atoms with Crippen molar-refractivity contribution in [3.05, 3.63) is 0 Å². The van der Waals surface area contributed by atoms with Gasteiger partial charge in [0.05, 0.1) is 36.6 Å². The second kappa shape index (κ2) is 57.7. The Balaban J connectivity index is -0.000000122. The lowest BCUT2D eigenvalue weighted by Crippen LogP contribution is -2.45. The van der Waals surface area contributed by atoms with Crippen LogP contribution < -0.4 is 0 Å². The minimum absolute atomic E-state index is 0.0439. The molecule has 0 heterocycles. The van der Waals surface area contributed by atoms with E-state index in [1.165, 1.54) is 23.4 Å². The van der Waals surface area contributed by atoms with Crippen molar-refractivity contribution >= 4 is 92.6 Å². The molecule has 0 spiro atoms. The summed E-state index contributed by atoms with van der Waals surface area (Å²) < 4.78 is 71.5. The first kappa shape index (κ1) is 109.